The molecule has 1 amide bonds. The number of aryl methyl sites for hydroxylation is 1. The number of nitrogens with two attached hydrogens (primary N) is 1. The van der Waals surface area contributed by atoms with Crippen molar-refractivity contribution in [1.29, 1.82) is 0 Å². The normalized spacial score (nSPS) is 11.9. The van der Waals surface area contributed by atoms with E-state index in [1.54, 1.807) is 6.92 Å². The minimum atomic E-state index is -0.332. The topological polar surface area (TPSA) is 67.2 Å². The van der Waals surface area contributed by atoms with Gasteiger partial charge in [-0.25, -0.2) is 5.84 Å². The van der Waals surface area contributed by atoms with Crippen molar-refractivity contribution in [3.63, 3.8) is 0 Å². The summed E-state index contributed by atoms with van der Waals surface area (Å²) >= 11 is 0. The van der Waals surface area contributed by atoms with Crippen molar-refractivity contribution in [2.24, 2.45) is 5.84 Å². The van der Waals surface area contributed by atoms with E-state index in [2.05, 4.69) is 10.7 Å². The predicted octanol–water partition coefficient (Wildman–Crippen LogP) is 0.785. The standard InChI is InChI=1S/C10H15N3O/c1-7-4-3-5-9(6-7)12-8(2)10(14)13-11/h3-6,8,12H,11H2,1-2H3,(H,13,14). The molecule has 76 valence electrons. The van der Waals surface area contributed by atoms with Crippen molar-refractivity contribution in [3.8, 4) is 0 Å². The van der Waals surface area contributed by atoms with Gasteiger partial charge in [-0.2, -0.15) is 0 Å². The Labute approximate surface area is 83.5 Å². The fourth-order valence-corrected chi connectivity index (χ4v) is 1.18. The summed E-state index contributed by atoms with van der Waals surface area (Å²) in [6, 6.07) is 7.48. The number of hydrogen-bond donors (Lipinski definition) is 3. The Kier molecular flexibility index (Phi) is 3.48. The molecule has 0 saturated carbocycles. The van der Waals surface area contributed by atoms with Gasteiger partial charge in [0.05, 0.1) is 0 Å². The van der Waals surface area contributed by atoms with E-state index in [1.807, 2.05) is 31.2 Å². The molecule has 0 spiro atoms. The average molecular weight is 193 g/mol. The van der Waals surface area contributed by atoms with Gasteiger partial charge in [0.15, 0.2) is 0 Å². The van der Waals surface area contributed by atoms with Crippen LogP contribution in [-0.4, -0.2) is 11.9 Å². The van der Waals surface area contributed by atoms with Gasteiger partial charge in [0, 0.05) is 5.69 Å². The number of carbonyl (C=O) groups excluding carboxylic acids is 1. The van der Waals surface area contributed by atoms with Crippen LogP contribution in [0.15, 0.2) is 24.3 Å². The monoisotopic (exact) mass is 193 g/mol. The first-order chi connectivity index (χ1) is 6.63. The predicted molar refractivity (Wildman–Crippen MR) is 56.6 cm³/mol. The van der Waals surface area contributed by atoms with Gasteiger partial charge in [-0.1, -0.05) is 12.1 Å². The van der Waals surface area contributed by atoms with E-state index in [4.69, 9.17) is 5.84 Å². The number of hydrogen-bond acceptors (Lipinski definition) is 3. The number of nitrogens with one attached hydrogen (secondary N) is 2. The lowest BCUT2D eigenvalue weighted by Crippen LogP contribution is -2.41. The van der Waals surface area contributed by atoms with Gasteiger partial charge in [0.2, 0.25) is 0 Å². The summed E-state index contributed by atoms with van der Waals surface area (Å²) in [4.78, 5) is 11.1. The van der Waals surface area contributed by atoms with Crippen LogP contribution in [0.3, 0.4) is 0 Å². The Morgan fingerprint density at radius 3 is 2.79 bits per heavy atom. The molecular weight excluding hydrogens is 178 g/mol. The molecule has 0 aliphatic rings. The van der Waals surface area contributed by atoms with Crippen molar-refractivity contribution >= 4 is 11.6 Å². The third kappa shape index (κ3) is 2.74. The van der Waals surface area contributed by atoms with E-state index >= 15 is 0 Å². The molecule has 4 heteroatoms. The molecule has 1 aromatic carbocycles. The van der Waals surface area contributed by atoms with E-state index in [-0.39, 0.29) is 11.9 Å². The van der Waals surface area contributed by atoms with Crippen molar-refractivity contribution in [2.45, 2.75) is 19.9 Å². The summed E-state index contributed by atoms with van der Waals surface area (Å²) in [5.74, 6) is 4.79. The molecule has 0 aromatic heterocycles. The molecule has 0 fully saturated rings. The maximum atomic E-state index is 11.1. The summed E-state index contributed by atoms with van der Waals surface area (Å²) in [6.45, 7) is 3.75. The van der Waals surface area contributed by atoms with Crippen LogP contribution in [0.5, 0.6) is 0 Å². The van der Waals surface area contributed by atoms with Crippen molar-refractivity contribution in [1.82, 2.24) is 5.43 Å². The maximum Gasteiger partial charge on any atom is 0.256 e. The second-order valence-corrected chi connectivity index (χ2v) is 3.24. The van der Waals surface area contributed by atoms with Crippen LogP contribution in [0, 0.1) is 6.92 Å². The Morgan fingerprint density at radius 1 is 1.50 bits per heavy atom. The third-order valence-corrected chi connectivity index (χ3v) is 1.94. The van der Waals surface area contributed by atoms with E-state index in [0.717, 1.165) is 11.3 Å². The van der Waals surface area contributed by atoms with Crippen LogP contribution < -0.4 is 16.6 Å². The Morgan fingerprint density at radius 2 is 2.21 bits per heavy atom. The van der Waals surface area contributed by atoms with Gasteiger partial charge in [-0.15, -0.1) is 0 Å². The number of carbonyl (C=O) groups is 1. The lowest BCUT2D eigenvalue weighted by molar-refractivity contribution is -0.121. The summed E-state index contributed by atoms with van der Waals surface area (Å²) in [6.07, 6.45) is 0. The van der Waals surface area contributed by atoms with E-state index in [9.17, 15) is 4.79 Å². The first-order valence-corrected chi connectivity index (χ1v) is 4.47. The quantitative estimate of drug-likeness (QED) is 0.377. The highest BCUT2D eigenvalue weighted by molar-refractivity contribution is 5.83. The van der Waals surface area contributed by atoms with Crippen LogP contribution >= 0.6 is 0 Å². The molecule has 0 heterocycles. The molecule has 1 atom stereocenters. The number of hydrazine groups is 1. The summed E-state index contributed by atoms with van der Waals surface area (Å²) in [7, 11) is 0. The lowest BCUT2D eigenvalue weighted by Gasteiger charge is -2.13. The van der Waals surface area contributed by atoms with Crippen molar-refractivity contribution in [2.75, 3.05) is 5.32 Å². The van der Waals surface area contributed by atoms with Gasteiger partial charge in [0.25, 0.3) is 5.91 Å². The smallest absolute Gasteiger partial charge is 0.256 e. The second-order valence-electron chi connectivity index (χ2n) is 3.24. The molecular formula is C10H15N3O. The molecule has 1 unspecified atom stereocenters. The highest BCUT2D eigenvalue weighted by Gasteiger charge is 2.09. The summed E-state index contributed by atoms with van der Waals surface area (Å²) in [5.41, 5.74) is 4.16. The number of amides is 1. The number of anilines is 1. The largest absolute Gasteiger partial charge is 0.374 e. The highest BCUT2D eigenvalue weighted by atomic mass is 16.2. The fourth-order valence-electron chi connectivity index (χ4n) is 1.18. The van der Waals surface area contributed by atoms with Gasteiger partial charge in [-0.05, 0) is 31.5 Å². The van der Waals surface area contributed by atoms with Crippen LogP contribution in [0.4, 0.5) is 5.69 Å². The zero-order valence-corrected chi connectivity index (χ0v) is 8.37. The van der Waals surface area contributed by atoms with Crippen LogP contribution in [0.25, 0.3) is 0 Å². The zero-order valence-electron chi connectivity index (χ0n) is 8.37. The second kappa shape index (κ2) is 4.62. The number of rotatable bonds is 3. The molecule has 1 aromatic rings. The maximum absolute atomic E-state index is 11.1. The van der Waals surface area contributed by atoms with E-state index < -0.39 is 0 Å². The van der Waals surface area contributed by atoms with Gasteiger partial charge in [0.1, 0.15) is 6.04 Å². The molecule has 0 radical (unpaired) electrons. The fraction of sp³-hybridized carbons (Fsp3) is 0.300. The first kappa shape index (κ1) is 10.5. The lowest BCUT2D eigenvalue weighted by atomic mass is 10.2. The van der Waals surface area contributed by atoms with Crippen LogP contribution in [-0.2, 0) is 4.79 Å². The average Bonchev–Trinajstić information content (AvgIpc) is 2.16. The Bertz CT molecular complexity index is 325. The molecule has 4 N–H and O–H groups in total. The van der Waals surface area contributed by atoms with Gasteiger partial charge >= 0.3 is 0 Å². The first-order valence-electron chi connectivity index (χ1n) is 4.47. The summed E-state index contributed by atoms with van der Waals surface area (Å²) in [5, 5.41) is 3.04. The zero-order chi connectivity index (χ0) is 10.6. The molecule has 4 nitrogen and oxygen atoms in total. The third-order valence-electron chi connectivity index (χ3n) is 1.94. The minimum Gasteiger partial charge on any atom is -0.374 e. The number of benzene rings is 1. The molecule has 0 aliphatic heterocycles. The highest BCUT2D eigenvalue weighted by Crippen LogP contribution is 2.10. The van der Waals surface area contributed by atoms with Crippen LogP contribution in [0.2, 0.25) is 0 Å². The molecule has 1 rings (SSSR count). The van der Waals surface area contributed by atoms with Gasteiger partial charge in [-0.3, -0.25) is 10.2 Å². The molecule has 14 heavy (non-hydrogen) atoms. The molecule has 0 aliphatic carbocycles. The molecule has 0 saturated heterocycles. The molecule has 0 bridgehead atoms. The van der Waals surface area contributed by atoms with Crippen LogP contribution in [0.1, 0.15) is 12.5 Å². The van der Waals surface area contributed by atoms with Crippen molar-refractivity contribution < 1.29 is 4.79 Å². The van der Waals surface area contributed by atoms with E-state index in [1.165, 1.54) is 0 Å². The van der Waals surface area contributed by atoms with Crippen molar-refractivity contribution in [3.05, 3.63) is 29.8 Å². The minimum absolute atomic E-state index is 0.230. The van der Waals surface area contributed by atoms with Gasteiger partial charge < -0.3 is 5.32 Å². The Balaban J connectivity index is 2.64. The summed E-state index contributed by atoms with van der Waals surface area (Å²) < 4.78 is 0. The SMILES string of the molecule is Cc1cccc(NC(C)C(=O)NN)c1. The van der Waals surface area contributed by atoms with E-state index in [0.29, 0.717) is 0 Å². The Hall–Kier alpha value is -1.55.